The Balaban J connectivity index is 1.81. The van der Waals surface area contributed by atoms with E-state index in [1.807, 2.05) is 0 Å². The van der Waals surface area contributed by atoms with E-state index in [4.69, 9.17) is 15.7 Å². The van der Waals surface area contributed by atoms with Crippen molar-refractivity contribution in [2.45, 2.75) is 0 Å². The molecule has 0 spiro atoms. The van der Waals surface area contributed by atoms with Gasteiger partial charge < -0.3 is 21.0 Å². The molecule has 8 nitrogen and oxygen atoms in total. The molecular weight excluding hydrogens is 282 g/mol. The van der Waals surface area contributed by atoms with Gasteiger partial charge in [-0.05, 0) is 0 Å². The van der Waals surface area contributed by atoms with Crippen molar-refractivity contribution < 1.29 is 14.7 Å². The van der Waals surface area contributed by atoms with Crippen LogP contribution in [0.1, 0.15) is 5.69 Å². The molecule has 0 bridgehead atoms. The van der Waals surface area contributed by atoms with Crippen LogP contribution in [0.15, 0.2) is 10.5 Å². The molecule has 1 aliphatic rings. The van der Waals surface area contributed by atoms with Gasteiger partial charge in [0.2, 0.25) is 0 Å². The Morgan fingerprint density at radius 3 is 2.95 bits per heavy atom. The number of nitrogens with zero attached hydrogens (tertiary/aromatic N) is 3. The second kappa shape index (κ2) is 7.17. The maximum Gasteiger partial charge on any atom is 0.275 e. The smallest absolute Gasteiger partial charge is 0.275 e. The van der Waals surface area contributed by atoms with Gasteiger partial charge in [0.1, 0.15) is 5.69 Å². The minimum Gasteiger partial charge on any atom is -0.410 e. The first-order valence-electron chi connectivity index (χ1n) is 6.22. The number of carbonyl (C=O) groups is 1. The summed E-state index contributed by atoms with van der Waals surface area (Å²) in [7, 11) is 0. The van der Waals surface area contributed by atoms with Crippen molar-refractivity contribution in [1.82, 2.24) is 15.2 Å². The monoisotopic (exact) mass is 299 g/mol. The van der Waals surface area contributed by atoms with Gasteiger partial charge in [0, 0.05) is 31.6 Å². The minimum atomic E-state index is -0.467. The number of rotatable bonds is 5. The number of thiazole rings is 1. The molecule has 110 valence electrons. The minimum absolute atomic E-state index is 0.125. The van der Waals surface area contributed by atoms with E-state index in [1.54, 1.807) is 5.38 Å². The molecule has 1 aromatic rings. The van der Waals surface area contributed by atoms with E-state index in [0.29, 0.717) is 11.7 Å². The van der Waals surface area contributed by atoms with E-state index < -0.39 is 5.91 Å². The summed E-state index contributed by atoms with van der Waals surface area (Å²) in [5.41, 5.74) is 5.64. The Labute approximate surface area is 120 Å². The van der Waals surface area contributed by atoms with Crippen LogP contribution < -0.4 is 11.1 Å². The summed E-state index contributed by atoms with van der Waals surface area (Å²) < 4.78 is 5.24. The second-order valence-electron chi connectivity index (χ2n) is 4.23. The first kappa shape index (κ1) is 14.7. The van der Waals surface area contributed by atoms with E-state index in [-0.39, 0.29) is 11.4 Å². The van der Waals surface area contributed by atoms with E-state index in [0.717, 1.165) is 32.8 Å². The van der Waals surface area contributed by atoms with Gasteiger partial charge in [-0.25, -0.2) is 4.98 Å². The first-order valence-corrected chi connectivity index (χ1v) is 7.10. The number of nitrogens with one attached hydrogen (secondary N) is 1. The Kier molecular flexibility index (Phi) is 5.27. The number of anilines is 1. The van der Waals surface area contributed by atoms with Crippen LogP contribution in [0.25, 0.3) is 0 Å². The maximum absolute atomic E-state index is 11.9. The van der Waals surface area contributed by atoms with Crippen LogP contribution in [0, 0.1) is 0 Å². The third kappa shape index (κ3) is 3.89. The molecule has 0 unspecified atom stereocenters. The zero-order valence-corrected chi connectivity index (χ0v) is 11.7. The summed E-state index contributed by atoms with van der Waals surface area (Å²) in [5.74, 6) is -0.467. The lowest BCUT2D eigenvalue weighted by Crippen LogP contribution is -2.42. The topological polar surface area (TPSA) is 113 Å². The molecule has 2 rings (SSSR count). The third-order valence-corrected chi connectivity index (χ3v) is 3.57. The molecule has 9 heteroatoms. The van der Waals surface area contributed by atoms with Gasteiger partial charge >= 0.3 is 0 Å². The second-order valence-corrected chi connectivity index (χ2v) is 5.12. The lowest BCUT2D eigenvalue weighted by Gasteiger charge is -2.26. The van der Waals surface area contributed by atoms with Crippen molar-refractivity contribution in [3.63, 3.8) is 0 Å². The van der Waals surface area contributed by atoms with Crippen LogP contribution in [0.3, 0.4) is 0 Å². The molecule has 0 radical (unpaired) electrons. The molecule has 1 fully saturated rings. The molecule has 1 amide bonds. The fourth-order valence-corrected chi connectivity index (χ4v) is 2.39. The van der Waals surface area contributed by atoms with Crippen molar-refractivity contribution >= 4 is 28.1 Å². The SMILES string of the molecule is Nc1nc(/C(=N/O)C(=O)NCCN2CCOCC2)cs1. The number of hydrogen-bond donors (Lipinski definition) is 3. The van der Waals surface area contributed by atoms with Gasteiger partial charge in [0.15, 0.2) is 10.8 Å². The highest BCUT2D eigenvalue weighted by atomic mass is 32.1. The zero-order chi connectivity index (χ0) is 14.4. The highest BCUT2D eigenvalue weighted by Gasteiger charge is 2.18. The van der Waals surface area contributed by atoms with Crippen molar-refractivity contribution in [3.05, 3.63) is 11.1 Å². The van der Waals surface area contributed by atoms with E-state index in [9.17, 15) is 4.79 Å². The number of carbonyl (C=O) groups excluding carboxylic acids is 1. The fraction of sp³-hybridized carbons (Fsp3) is 0.545. The van der Waals surface area contributed by atoms with Crippen molar-refractivity contribution in [2.75, 3.05) is 45.1 Å². The van der Waals surface area contributed by atoms with Crippen molar-refractivity contribution in [1.29, 1.82) is 0 Å². The van der Waals surface area contributed by atoms with E-state index >= 15 is 0 Å². The van der Waals surface area contributed by atoms with Crippen LogP contribution in [0.2, 0.25) is 0 Å². The predicted octanol–water partition coefficient (Wildman–Crippen LogP) is -0.648. The Hall–Kier alpha value is -1.71. The van der Waals surface area contributed by atoms with Gasteiger partial charge in [-0.3, -0.25) is 9.69 Å². The number of oxime groups is 1. The standard InChI is InChI=1S/C11H17N5O3S/c12-11-14-8(7-20-11)9(15-18)10(17)13-1-2-16-3-5-19-6-4-16/h7,18H,1-6H2,(H2,12,14)(H,13,17)/b15-9-. The van der Waals surface area contributed by atoms with Crippen molar-refractivity contribution in [2.24, 2.45) is 5.16 Å². The molecule has 4 N–H and O–H groups in total. The largest absolute Gasteiger partial charge is 0.410 e. The lowest BCUT2D eigenvalue weighted by molar-refractivity contribution is -0.114. The van der Waals surface area contributed by atoms with E-state index in [1.165, 1.54) is 11.3 Å². The highest BCUT2D eigenvalue weighted by molar-refractivity contribution is 7.13. The summed E-state index contributed by atoms with van der Waals surface area (Å²) in [6.45, 7) is 4.36. The quantitative estimate of drug-likeness (QED) is 0.378. The molecular formula is C11H17N5O3S. The Morgan fingerprint density at radius 2 is 2.35 bits per heavy atom. The highest BCUT2D eigenvalue weighted by Crippen LogP contribution is 2.11. The Morgan fingerprint density at radius 1 is 1.60 bits per heavy atom. The van der Waals surface area contributed by atoms with Gasteiger partial charge in [-0.1, -0.05) is 5.16 Å². The maximum atomic E-state index is 11.9. The average Bonchev–Trinajstić information content (AvgIpc) is 2.87. The molecule has 2 heterocycles. The third-order valence-electron chi connectivity index (χ3n) is 2.90. The van der Waals surface area contributed by atoms with Crippen LogP contribution in [0.5, 0.6) is 0 Å². The summed E-state index contributed by atoms with van der Waals surface area (Å²) in [6.07, 6.45) is 0. The number of morpholine rings is 1. The molecule has 1 aliphatic heterocycles. The lowest BCUT2D eigenvalue weighted by atomic mass is 10.3. The van der Waals surface area contributed by atoms with Gasteiger partial charge in [0.05, 0.1) is 13.2 Å². The first-order chi connectivity index (χ1) is 9.70. The van der Waals surface area contributed by atoms with Crippen LogP contribution in [0.4, 0.5) is 5.13 Å². The Bertz CT molecular complexity index is 484. The van der Waals surface area contributed by atoms with Crippen molar-refractivity contribution in [3.8, 4) is 0 Å². The summed E-state index contributed by atoms with van der Waals surface area (Å²) in [5, 5.41) is 16.5. The van der Waals surface area contributed by atoms with E-state index in [2.05, 4.69) is 20.4 Å². The number of hydrogen-bond acceptors (Lipinski definition) is 8. The molecule has 0 aliphatic carbocycles. The zero-order valence-electron chi connectivity index (χ0n) is 10.9. The number of nitrogen functional groups attached to an aromatic ring is 1. The molecule has 20 heavy (non-hydrogen) atoms. The number of amides is 1. The number of aromatic nitrogens is 1. The molecule has 1 saturated heterocycles. The number of ether oxygens (including phenoxy) is 1. The van der Waals surface area contributed by atoms with Crippen LogP contribution in [-0.4, -0.2) is 66.1 Å². The predicted molar refractivity (Wildman–Crippen MR) is 75.1 cm³/mol. The molecule has 0 atom stereocenters. The number of nitrogens with two attached hydrogens (primary N) is 1. The fourth-order valence-electron chi connectivity index (χ4n) is 1.85. The van der Waals surface area contributed by atoms with Gasteiger partial charge in [-0.2, -0.15) is 0 Å². The molecule has 0 aromatic carbocycles. The average molecular weight is 299 g/mol. The van der Waals surface area contributed by atoms with Crippen LogP contribution in [-0.2, 0) is 9.53 Å². The molecule has 1 aromatic heterocycles. The summed E-state index contributed by atoms with van der Waals surface area (Å²) >= 11 is 1.18. The molecule has 0 saturated carbocycles. The summed E-state index contributed by atoms with van der Waals surface area (Å²) in [6, 6.07) is 0. The normalized spacial score (nSPS) is 17.1. The van der Waals surface area contributed by atoms with Crippen LogP contribution >= 0.6 is 11.3 Å². The summed E-state index contributed by atoms with van der Waals surface area (Å²) in [4.78, 5) is 18.0. The van der Waals surface area contributed by atoms with Gasteiger partial charge in [0.25, 0.3) is 5.91 Å². The van der Waals surface area contributed by atoms with Gasteiger partial charge in [-0.15, -0.1) is 11.3 Å².